The second-order valence-corrected chi connectivity index (χ2v) is 6.11. The zero-order chi connectivity index (χ0) is 18.2. The average molecular weight is 372 g/mol. The Morgan fingerprint density at radius 2 is 2.08 bits per heavy atom. The van der Waals surface area contributed by atoms with Crippen molar-refractivity contribution in [1.82, 2.24) is 30.2 Å². The molecule has 3 rings (SSSR count). The van der Waals surface area contributed by atoms with E-state index in [0.29, 0.717) is 11.7 Å². The van der Waals surface area contributed by atoms with Crippen LogP contribution in [0.1, 0.15) is 18.3 Å². The SMILES string of the molecule is CCNC(=NCCc1nnc2ccccn12)NCCc1ccc(Cl)nc1. The van der Waals surface area contributed by atoms with E-state index in [-0.39, 0.29) is 0 Å². The quantitative estimate of drug-likeness (QED) is 0.378. The van der Waals surface area contributed by atoms with Gasteiger partial charge in [-0.1, -0.05) is 23.7 Å². The van der Waals surface area contributed by atoms with E-state index in [9.17, 15) is 0 Å². The van der Waals surface area contributed by atoms with Gasteiger partial charge in [-0.3, -0.25) is 9.39 Å². The maximum Gasteiger partial charge on any atom is 0.191 e. The first-order valence-corrected chi connectivity index (χ1v) is 9.05. The van der Waals surface area contributed by atoms with Crippen molar-refractivity contribution in [2.24, 2.45) is 4.99 Å². The van der Waals surface area contributed by atoms with Crippen LogP contribution in [0.3, 0.4) is 0 Å². The molecule has 0 aliphatic rings. The Morgan fingerprint density at radius 1 is 1.15 bits per heavy atom. The summed E-state index contributed by atoms with van der Waals surface area (Å²) in [4.78, 5) is 8.71. The number of nitrogens with zero attached hydrogens (tertiary/aromatic N) is 5. The number of nitrogens with one attached hydrogen (secondary N) is 2. The maximum atomic E-state index is 5.81. The van der Waals surface area contributed by atoms with E-state index in [4.69, 9.17) is 11.6 Å². The predicted octanol–water partition coefficient (Wildman–Crippen LogP) is 2.12. The van der Waals surface area contributed by atoms with Gasteiger partial charge in [-0.15, -0.1) is 10.2 Å². The highest BCUT2D eigenvalue weighted by Gasteiger charge is 2.04. The van der Waals surface area contributed by atoms with Crippen LogP contribution in [0.25, 0.3) is 5.65 Å². The molecule has 26 heavy (non-hydrogen) atoms. The Bertz CT molecular complexity index is 857. The van der Waals surface area contributed by atoms with Crippen molar-refractivity contribution in [3.63, 3.8) is 0 Å². The largest absolute Gasteiger partial charge is 0.357 e. The van der Waals surface area contributed by atoms with Crippen LogP contribution >= 0.6 is 11.6 Å². The Kier molecular flexibility index (Phi) is 6.38. The van der Waals surface area contributed by atoms with Gasteiger partial charge in [-0.25, -0.2) is 4.98 Å². The lowest BCUT2D eigenvalue weighted by molar-refractivity contribution is 0.784. The van der Waals surface area contributed by atoms with Crippen molar-refractivity contribution in [3.8, 4) is 0 Å². The van der Waals surface area contributed by atoms with Gasteiger partial charge in [-0.05, 0) is 37.1 Å². The highest BCUT2D eigenvalue weighted by Crippen LogP contribution is 2.05. The molecule has 0 atom stereocenters. The molecule has 136 valence electrons. The Labute approximate surface area is 157 Å². The molecule has 8 heteroatoms. The minimum Gasteiger partial charge on any atom is -0.357 e. The molecule has 0 amide bonds. The third kappa shape index (κ3) is 4.92. The van der Waals surface area contributed by atoms with Gasteiger partial charge in [-0.2, -0.15) is 0 Å². The number of halogens is 1. The van der Waals surface area contributed by atoms with Gasteiger partial charge in [0.1, 0.15) is 11.0 Å². The van der Waals surface area contributed by atoms with Crippen LogP contribution in [-0.2, 0) is 12.8 Å². The van der Waals surface area contributed by atoms with Crippen molar-refractivity contribution in [3.05, 3.63) is 59.3 Å². The van der Waals surface area contributed by atoms with Crippen LogP contribution in [-0.4, -0.2) is 45.2 Å². The van der Waals surface area contributed by atoms with Gasteiger partial charge in [0.25, 0.3) is 0 Å². The van der Waals surface area contributed by atoms with E-state index >= 15 is 0 Å². The third-order valence-corrected chi connectivity index (χ3v) is 4.05. The van der Waals surface area contributed by atoms with Crippen LogP contribution in [0, 0.1) is 0 Å². The minimum absolute atomic E-state index is 0.512. The van der Waals surface area contributed by atoms with Gasteiger partial charge in [0.05, 0.1) is 0 Å². The number of hydrogen-bond acceptors (Lipinski definition) is 4. The zero-order valence-electron chi connectivity index (χ0n) is 14.7. The molecule has 3 heterocycles. The molecule has 0 radical (unpaired) electrons. The fourth-order valence-electron chi connectivity index (χ4n) is 2.55. The second-order valence-electron chi connectivity index (χ2n) is 5.72. The summed E-state index contributed by atoms with van der Waals surface area (Å²) < 4.78 is 1.99. The van der Waals surface area contributed by atoms with E-state index in [0.717, 1.165) is 48.9 Å². The molecule has 0 aliphatic carbocycles. The van der Waals surface area contributed by atoms with Gasteiger partial charge in [0.15, 0.2) is 11.6 Å². The van der Waals surface area contributed by atoms with Gasteiger partial charge in [0.2, 0.25) is 0 Å². The number of aromatic nitrogens is 4. The molecule has 3 aromatic rings. The first-order valence-electron chi connectivity index (χ1n) is 8.67. The van der Waals surface area contributed by atoms with Crippen LogP contribution in [0.15, 0.2) is 47.7 Å². The van der Waals surface area contributed by atoms with E-state index in [1.165, 1.54) is 0 Å². The van der Waals surface area contributed by atoms with Gasteiger partial charge < -0.3 is 10.6 Å². The summed E-state index contributed by atoms with van der Waals surface area (Å²) in [5.41, 5.74) is 1.99. The molecule has 0 bridgehead atoms. The average Bonchev–Trinajstić information content (AvgIpc) is 3.07. The fourth-order valence-corrected chi connectivity index (χ4v) is 2.66. The van der Waals surface area contributed by atoms with Crippen molar-refractivity contribution in [1.29, 1.82) is 0 Å². The summed E-state index contributed by atoms with van der Waals surface area (Å²) in [6.45, 7) is 4.26. The molecule has 0 fully saturated rings. The first kappa shape index (κ1) is 18.1. The predicted molar refractivity (Wildman–Crippen MR) is 104 cm³/mol. The van der Waals surface area contributed by atoms with Crippen LogP contribution in [0.2, 0.25) is 5.15 Å². The number of aliphatic imine (C=N–C) groups is 1. The smallest absolute Gasteiger partial charge is 0.191 e. The molecule has 2 N–H and O–H groups in total. The molecule has 0 unspecified atom stereocenters. The fraction of sp³-hybridized carbons (Fsp3) is 0.333. The monoisotopic (exact) mass is 371 g/mol. The summed E-state index contributed by atoms with van der Waals surface area (Å²) in [5.74, 6) is 1.70. The molecule has 7 nitrogen and oxygen atoms in total. The van der Waals surface area contributed by atoms with Gasteiger partial charge in [0, 0.05) is 38.4 Å². The van der Waals surface area contributed by atoms with E-state index in [2.05, 4.69) is 30.8 Å². The lowest BCUT2D eigenvalue weighted by Crippen LogP contribution is -2.38. The number of pyridine rings is 2. The first-order chi connectivity index (χ1) is 12.8. The van der Waals surface area contributed by atoms with Crippen molar-refractivity contribution >= 4 is 23.2 Å². The molecular formula is C18H22ClN7. The normalized spacial score (nSPS) is 11.7. The molecule has 0 saturated heterocycles. The highest BCUT2D eigenvalue weighted by molar-refractivity contribution is 6.29. The number of rotatable bonds is 7. The third-order valence-electron chi connectivity index (χ3n) is 3.83. The van der Waals surface area contributed by atoms with Crippen molar-refractivity contribution in [2.75, 3.05) is 19.6 Å². The summed E-state index contributed by atoms with van der Waals surface area (Å²) in [6.07, 6.45) is 5.34. The van der Waals surface area contributed by atoms with Crippen LogP contribution in [0.4, 0.5) is 0 Å². The molecule has 3 aromatic heterocycles. The Morgan fingerprint density at radius 3 is 2.88 bits per heavy atom. The molecule has 0 spiro atoms. The summed E-state index contributed by atoms with van der Waals surface area (Å²) in [6, 6.07) is 9.66. The van der Waals surface area contributed by atoms with Crippen molar-refractivity contribution in [2.45, 2.75) is 19.8 Å². The number of guanidine groups is 1. The Hall–Kier alpha value is -2.67. The number of fused-ring (bicyclic) bond motifs is 1. The molecule has 0 aliphatic heterocycles. The lowest BCUT2D eigenvalue weighted by Gasteiger charge is -2.11. The summed E-state index contributed by atoms with van der Waals surface area (Å²) >= 11 is 5.81. The standard InChI is InChI=1S/C18H22ClN7/c1-2-20-18(21-10-8-14-6-7-15(19)23-13-14)22-11-9-17-25-24-16-5-3-4-12-26(16)17/h3-7,12-13H,2,8-11H2,1H3,(H2,20,21,22). The Balaban J connectivity index is 1.52. The van der Waals surface area contributed by atoms with Crippen LogP contribution < -0.4 is 10.6 Å². The number of hydrogen-bond donors (Lipinski definition) is 2. The maximum absolute atomic E-state index is 5.81. The van der Waals surface area contributed by atoms with E-state index < -0.39 is 0 Å². The minimum atomic E-state index is 0.512. The summed E-state index contributed by atoms with van der Waals surface area (Å²) in [5, 5.41) is 15.5. The molecule has 0 saturated carbocycles. The van der Waals surface area contributed by atoms with Gasteiger partial charge >= 0.3 is 0 Å². The molecular weight excluding hydrogens is 350 g/mol. The van der Waals surface area contributed by atoms with Crippen LogP contribution in [0.5, 0.6) is 0 Å². The highest BCUT2D eigenvalue weighted by atomic mass is 35.5. The molecule has 0 aromatic carbocycles. The van der Waals surface area contributed by atoms with Crippen molar-refractivity contribution < 1.29 is 0 Å². The summed E-state index contributed by atoms with van der Waals surface area (Å²) in [7, 11) is 0. The topological polar surface area (TPSA) is 79.5 Å². The second kappa shape index (κ2) is 9.15. The lowest BCUT2D eigenvalue weighted by atomic mass is 10.2. The van der Waals surface area contributed by atoms with E-state index in [1.54, 1.807) is 12.3 Å². The zero-order valence-corrected chi connectivity index (χ0v) is 15.4. The van der Waals surface area contributed by atoms with E-state index in [1.807, 2.05) is 41.8 Å².